The molecule has 5 nitrogen and oxygen atoms in total. The average Bonchev–Trinajstić information content (AvgIpc) is 3.18. The molecular formula is C21H29IN4O. The normalized spacial score (nSPS) is 15.9. The third-order valence-corrected chi connectivity index (χ3v) is 4.82. The van der Waals surface area contributed by atoms with Crippen LogP contribution in [-0.4, -0.2) is 37.6 Å². The van der Waals surface area contributed by atoms with Crippen LogP contribution < -0.4 is 15.8 Å². The van der Waals surface area contributed by atoms with Gasteiger partial charge in [0.25, 0.3) is 0 Å². The van der Waals surface area contributed by atoms with Crippen molar-refractivity contribution in [1.82, 2.24) is 4.90 Å². The number of hydrogen-bond donors (Lipinski definition) is 2. The predicted octanol–water partition coefficient (Wildman–Crippen LogP) is 4.19. The van der Waals surface area contributed by atoms with Gasteiger partial charge in [-0.3, -0.25) is 9.89 Å². The van der Waals surface area contributed by atoms with Gasteiger partial charge < -0.3 is 15.8 Å². The minimum absolute atomic E-state index is 0. The molecule has 0 aromatic heterocycles. The van der Waals surface area contributed by atoms with E-state index >= 15 is 0 Å². The SMILES string of the molecule is COc1cccc(C(CN=C(N)Nc2ccc(C)cc2)N2CCCC2)c1.I. The molecule has 3 N–H and O–H groups in total. The molecule has 1 heterocycles. The first-order valence-corrected chi connectivity index (χ1v) is 9.17. The summed E-state index contributed by atoms with van der Waals surface area (Å²) in [6, 6.07) is 16.6. The van der Waals surface area contributed by atoms with Crippen LogP contribution in [0.2, 0.25) is 0 Å². The Morgan fingerprint density at radius 3 is 2.56 bits per heavy atom. The molecule has 27 heavy (non-hydrogen) atoms. The zero-order valence-electron chi connectivity index (χ0n) is 16.0. The van der Waals surface area contributed by atoms with Crippen LogP contribution in [-0.2, 0) is 0 Å². The number of hydrogen-bond acceptors (Lipinski definition) is 3. The van der Waals surface area contributed by atoms with Gasteiger partial charge in [-0.2, -0.15) is 0 Å². The number of anilines is 1. The topological polar surface area (TPSA) is 62.9 Å². The summed E-state index contributed by atoms with van der Waals surface area (Å²) in [5, 5.41) is 3.17. The highest BCUT2D eigenvalue weighted by atomic mass is 127. The Balaban J connectivity index is 0.00000261. The number of nitrogens with zero attached hydrogens (tertiary/aromatic N) is 2. The Labute approximate surface area is 179 Å². The number of benzene rings is 2. The van der Waals surface area contributed by atoms with Crippen LogP contribution in [0.25, 0.3) is 0 Å². The predicted molar refractivity (Wildman–Crippen MR) is 123 cm³/mol. The Kier molecular flexibility index (Phi) is 8.37. The van der Waals surface area contributed by atoms with Gasteiger partial charge in [-0.1, -0.05) is 29.8 Å². The lowest BCUT2D eigenvalue weighted by Gasteiger charge is -2.27. The molecule has 1 atom stereocenters. The molecule has 1 aliphatic heterocycles. The van der Waals surface area contributed by atoms with E-state index < -0.39 is 0 Å². The molecule has 3 rings (SSSR count). The Bertz CT molecular complexity index is 742. The zero-order chi connectivity index (χ0) is 18.4. The van der Waals surface area contributed by atoms with E-state index in [1.54, 1.807) is 7.11 Å². The first kappa shape index (κ1) is 21.5. The lowest BCUT2D eigenvalue weighted by atomic mass is 10.1. The number of methoxy groups -OCH3 is 1. The number of aliphatic imine (C=N–C) groups is 1. The monoisotopic (exact) mass is 480 g/mol. The first-order valence-electron chi connectivity index (χ1n) is 9.17. The fourth-order valence-electron chi connectivity index (χ4n) is 3.34. The fraction of sp³-hybridized carbons (Fsp3) is 0.381. The highest BCUT2D eigenvalue weighted by molar-refractivity contribution is 14.0. The lowest BCUT2D eigenvalue weighted by molar-refractivity contribution is 0.251. The van der Waals surface area contributed by atoms with E-state index in [1.165, 1.54) is 24.0 Å². The molecule has 0 bridgehead atoms. The molecule has 0 saturated carbocycles. The summed E-state index contributed by atoms with van der Waals surface area (Å²) in [6.45, 7) is 4.89. The van der Waals surface area contributed by atoms with E-state index in [9.17, 15) is 0 Å². The molecule has 0 spiro atoms. The highest BCUT2D eigenvalue weighted by Gasteiger charge is 2.23. The molecule has 146 valence electrons. The molecule has 0 amide bonds. The summed E-state index contributed by atoms with van der Waals surface area (Å²) in [6.07, 6.45) is 2.47. The summed E-state index contributed by atoms with van der Waals surface area (Å²) >= 11 is 0. The number of ether oxygens (including phenoxy) is 1. The molecular weight excluding hydrogens is 451 g/mol. The fourth-order valence-corrected chi connectivity index (χ4v) is 3.34. The van der Waals surface area contributed by atoms with Crippen molar-refractivity contribution in [3.05, 3.63) is 59.7 Å². The molecule has 1 saturated heterocycles. The number of guanidine groups is 1. The number of nitrogens with one attached hydrogen (secondary N) is 1. The zero-order valence-corrected chi connectivity index (χ0v) is 18.4. The van der Waals surface area contributed by atoms with Crippen molar-refractivity contribution in [2.45, 2.75) is 25.8 Å². The lowest BCUT2D eigenvalue weighted by Crippen LogP contribution is -2.30. The second-order valence-corrected chi connectivity index (χ2v) is 6.75. The minimum Gasteiger partial charge on any atom is -0.497 e. The van der Waals surface area contributed by atoms with E-state index in [0.717, 1.165) is 24.5 Å². The van der Waals surface area contributed by atoms with Crippen LogP contribution >= 0.6 is 24.0 Å². The van der Waals surface area contributed by atoms with Crippen LogP contribution in [0.4, 0.5) is 5.69 Å². The maximum Gasteiger partial charge on any atom is 0.193 e. The third-order valence-electron chi connectivity index (χ3n) is 4.82. The molecule has 1 unspecified atom stereocenters. The molecule has 0 aliphatic carbocycles. The van der Waals surface area contributed by atoms with Crippen molar-refractivity contribution in [3.63, 3.8) is 0 Å². The van der Waals surface area contributed by atoms with Gasteiger partial charge in [0, 0.05) is 5.69 Å². The summed E-state index contributed by atoms with van der Waals surface area (Å²) in [5.41, 5.74) is 9.52. The number of rotatable bonds is 6. The Hall–Kier alpha value is -1.80. The van der Waals surface area contributed by atoms with Gasteiger partial charge in [0.15, 0.2) is 5.96 Å². The number of aryl methyl sites for hydroxylation is 1. The van der Waals surface area contributed by atoms with Crippen molar-refractivity contribution in [2.24, 2.45) is 10.7 Å². The van der Waals surface area contributed by atoms with E-state index in [-0.39, 0.29) is 30.0 Å². The number of halogens is 1. The van der Waals surface area contributed by atoms with E-state index in [1.807, 2.05) is 24.3 Å². The van der Waals surface area contributed by atoms with Gasteiger partial charge in [0.05, 0.1) is 19.7 Å². The van der Waals surface area contributed by atoms with Crippen molar-refractivity contribution < 1.29 is 4.74 Å². The van der Waals surface area contributed by atoms with Crippen molar-refractivity contribution in [1.29, 1.82) is 0 Å². The molecule has 0 radical (unpaired) electrons. The quantitative estimate of drug-likeness (QED) is 0.370. The molecule has 2 aromatic rings. The summed E-state index contributed by atoms with van der Waals surface area (Å²) < 4.78 is 5.39. The summed E-state index contributed by atoms with van der Waals surface area (Å²) in [7, 11) is 1.70. The summed E-state index contributed by atoms with van der Waals surface area (Å²) in [4.78, 5) is 7.10. The number of likely N-dealkylation sites (tertiary alicyclic amines) is 1. The molecule has 1 aliphatic rings. The van der Waals surface area contributed by atoms with Crippen molar-refractivity contribution in [2.75, 3.05) is 32.1 Å². The van der Waals surface area contributed by atoms with Crippen LogP contribution in [0.15, 0.2) is 53.5 Å². The van der Waals surface area contributed by atoms with Gasteiger partial charge in [0.1, 0.15) is 5.75 Å². The maximum absolute atomic E-state index is 6.12. The van der Waals surface area contributed by atoms with E-state index in [4.69, 9.17) is 10.5 Å². The molecule has 2 aromatic carbocycles. The van der Waals surface area contributed by atoms with Crippen LogP contribution in [0, 0.1) is 6.92 Å². The van der Waals surface area contributed by atoms with E-state index in [0.29, 0.717) is 12.5 Å². The number of nitrogens with two attached hydrogens (primary N) is 1. The van der Waals surface area contributed by atoms with Gasteiger partial charge in [-0.25, -0.2) is 0 Å². The third kappa shape index (κ3) is 6.10. The Morgan fingerprint density at radius 1 is 1.19 bits per heavy atom. The second kappa shape index (κ2) is 10.5. The van der Waals surface area contributed by atoms with Crippen molar-refractivity contribution >= 4 is 35.6 Å². The van der Waals surface area contributed by atoms with Gasteiger partial charge in [0.2, 0.25) is 0 Å². The smallest absolute Gasteiger partial charge is 0.193 e. The van der Waals surface area contributed by atoms with Gasteiger partial charge in [-0.05, 0) is 62.7 Å². The summed E-state index contributed by atoms with van der Waals surface area (Å²) in [5.74, 6) is 1.32. The highest BCUT2D eigenvalue weighted by Crippen LogP contribution is 2.28. The minimum atomic E-state index is 0. The first-order chi connectivity index (χ1) is 12.7. The standard InChI is InChI=1S/C21H28N4O.HI/c1-16-8-10-18(11-9-16)24-21(22)23-15-20(25-12-3-4-13-25)17-6-5-7-19(14-17)26-2;/h5-11,14,20H,3-4,12-13,15H2,1-2H3,(H3,22,23,24);1H. The molecule has 1 fully saturated rings. The second-order valence-electron chi connectivity index (χ2n) is 6.75. The van der Waals surface area contributed by atoms with Crippen molar-refractivity contribution in [3.8, 4) is 5.75 Å². The largest absolute Gasteiger partial charge is 0.497 e. The van der Waals surface area contributed by atoms with Crippen LogP contribution in [0.3, 0.4) is 0 Å². The van der Waals surface area contributed by atoms with E-state index in [2.05, 4.69) is 46.4 Å². The Morgan fingerprint density at radius 2 is 1.89 bits per heavy atom. The van der Waals surface area contributed by atoms with Gasteiger partial charge >= 0.3 is 0 Å². The maximum atomic E-state index is 6.12. The molecule has 6 heteroatoms. The van der Waals surface area contributed by atoms with Crippen LogP contribution in [0.1, 0.15) is 30.0 Å². The van der Waals surface area contributed by atoms with Crippen LogP contribution in [0.5, 0.6) is 5.75 Å². The van der Waals surface area contributed by atoms with Gasteiger partial charge in [-0.15, -0.1) is 24.0 Å². The average molecular weight is 480 g/mol.